The van der Waals surface area contributed by atoms with Crippen molar-refractivity contribution in [1.82, 2.24) is 24.9 Å². The highest BCUT2D eigenvalue weighted by Gasteiger charge is 2.21. The fourth-order valence-corrected chi connectivity index (χ4v) is 3.85. The van der Waals surface area contributed by atoms with Crippen LogP contribution in [0.1, 0.15) is 54.9 Å². The van der Waals surface area contributed by atoms with Crippen LogP contribution in [0.4, 0.5) is 0 Å². The zero-order chi connectivity index (χ0) is 21.1. The third kappa shape index (κ3) is 4.61. The summed E-state index contributed by atoms with van der Waals surface area (Å²) >= 11 is 1.48. The van der Waals surface area contributed by atoms with E-state index in [9.17, 15) is 4.79 Å². The molecule has 0 spiro atoms. The number of carbonyl (C=O) groups excluding carboxylic acids is 1. The molecule has 0 saturated heterocycles. The van der Waals surface area contributed by atoms with Crippen molar-refractivity contribution in [1.29, 1.82) is 0 Å². The molecule has 1 amide bonds. The van der Waals surface area contributed by atoms with E-state index in [-0.39, 0.29) is 24.3 Å². The fourth-order valence-electron chi connectivity index (χ4n) is 3.51. The maximum atomic E-state index is 12.9. The normalized spacial score (nSPS) is 12.5. The van der Waals surface area contributed by atoms with Crippen LogP contribution < -0.4 is 5.32 Å². The number of nitrogens with one attached hydrogen (secondary N) is 1. The van der Waals surface area contributed by atoms with Gasteiger partial charge in [-0.3, -0.25) is 4.79 Å². The molecule has 7 heteroatoms. The summed E-state index contributed by atoms with van der Waals surface area (Å²) in [5, 5.41) is 8.37. The van der Waals surface area contributed by atoms with Gasteiger partial charge in [-0.2, -0.15) is 4.98 Å². The number of fused-ring (bicyclic) bond motifs is 1. The van der Waals surface area contributed by atoms with Crippen LogP contribution in [-0.2, 0) is 17.6 Å². The molecule has 0 fully saturated rings. The number of benzene rings is 1. The third-order valence-electron chi connectivity index (χ3n) is 5.28. The molecule has 0 bridgehead atoms. The van der Waals surface area contributed by atoms with Gasteiger partial charge in [0.25, 0.3) is 5.78 Å². The van der Waals surface area contributed by atoms with Gasteiger partial charge >= 0.3 is 0 Å². The van der Waals surface area contributed by atoms with Crippen molar-refractivity contribution < 1.29 is 4.79 Å². The molecule has 0 radical (unpaired) electrons. The zero-order valence-corrected chi connectivity index (χ0v) is 18.8. The Kier molecular flexibility index (Phi) is 6.57. The van der Waals surface area contributed by atoms with Crippen LogP contribution in [0.15, 0.2) is 29.4 Å². The maximum Gasteiger partial charge on any atom is 0.253 e. The molecule has 1 N–H and O–H groups in total. The molecule has 2 heterocycles. The van der Waals surface area contributed by atoms with Crippen LogP contribution in [-0.4, -0.2) is 31.7 Å². The Bertz CT molecular complexity index is 1010. The van der Waals surface area contributed by atoms with E-state index in [2.05, 4.69) is 65.4 Å². The van der Waals surface area contributed by atoms with Gasteiger partial charge in [-0.25, -0.2) is 9.50 Å². The number of carbonyl (C=O) groups is 1. The molecule has 0 aliphatic carbocycles. The average molecular weight is 412 g/mol. The van der Waals surface area contributed by atoms with Crippen LogP contribution in [0.2, 0.25) is 0 Å². The molecule has 6 nitrogen and oxygen atoms in total. The Morgan fingerprint density at radius 3 is 2.45 bits per heavy atom. The van der Waals surface area contributed by atoms with Crippen molar-refractivity contribution in [2.75, 3.05) is 6.26 Å². The van der Waals surface area contributed by atoms with E-state index in [0.717, 1.165) is 28.9 Å². The van der Waals surface area contributed by atoms with Crippen LogP contribution in [0.3, 0.4) is 0 Å². The molecule has 1 atom stereocenters. The summed E-state index contributed by atoms with van der Waals surface area (Å²) in [5.41, 5.74) is 5.05. The summed E-state index contributed by atoms with van der Waals surface area (Å²) in [4.78, 5) is 21.9. The Morgan fingerprint density at radius 1 is 1.17 bits per heavy atom. The molecular formula is C22H29N5OS. The molecular weight excluding hydrogens is 382 g/mol. The largest absolute Gasteiger partial charge is 0.349 e. The summed E-state index contributed by atoms with van der Waals surface area (Å²) in [6, 6.07) is 8.48. The molecule has 1 unspecified atom stereocenters. The second-order valence-corrected chi connectivity index (χ2v) is 8.41. The van der Waals surface area contributed by atoms with Gasteiger partial charge in [0.15, 0.2) is 0 Å². The van der Waals surface area contributed by atoms with Gasteiger partial charge in [0.05, 0.1) is 12.5 Å². The van der Waals surface area contributed by atoms with Gasteiger partial charge in [-0.1, -0.05) is 56.8 Å². The highest BCUT2D eigenvalue weighted by atomic mass is 32.2. The first-order valence-electron chi connectivity index (χ1n) is 9.99. The minimum absolute atomic E-state index is 0.0131. The standard InChI is InChI=1S/C22H29N5OS/c1-7-16-8-10-17(11-9-16)20(13(2)3)24-19(28)12-18-14(4)23-21-25-22(29-6)26-27(21)15(18)5/h8-11,13,20H,7,12H2,1-6H3,(H,24,28). The first kappa shape index (κ1) is 21.3. The van der Waals surface area contributed by atoms with Crippen molar-refractivity contribution in [2.24, 2.45) is 5.92 Å². The number of rotatable bonds is 7. The number of aryl methyl sites for hydroxylation is 3. The van der Waals surface area contributed by atoms with Gasteiger partial charge in [0, 0.05) is 17.0 Å². The van der Waals surface area contributed by atoms with E-state index >= 15 is 0 Å². The zero-order valence-electron chi connectivity index (χ0n) is 18.0. The predicted octanol–water partition coefficient (Wildman–Crippen LogP) is 4.08. The molecule has 3 rings (SSSR count). The summed E-state index contributed by atoms with van der Waals surface area (Å²) in [6.45, 7) is 10.3. The van der Waals surface area contributed by atoms with Crippen LogP contribution in [0.25, 0.3) is 5.78 Å². The highest BCUT2D eigenvalue weighted by molar-refractivity contribution is 7.98. The van der Waals surface area contributed by atoms with Gasteiger partial charge in [-0.15, -0.1) is 5.10 Å². The quantitative estimate of drug-likeness (QED) is 0.593. The Balaban J connectivity index is 1.82. The molecule has 1 aromatic carbocycles. The van der Waals surface area contributed by atoms with E-state index in [4.69, 9.17) is 0 Å². The van der Waals surface area contributed by atoms with Crippen molar-refractivity contribution in [3.8, 4) is 0 Å². The van der Waals surface area contributed by atoms with Crippen LogP contribution in [0, 0.1) is 19.8 Å². The van der Waals surface area contributed by atoms with Gasteiger partial charge < -0.3 is 5.32 Å². The maximum absolute atomic E-state index is 12.9. The number of aromatic nitrogens is 4. The molecule has 0 saturated carbocycles. The van der Waals surface area contributed by atoms with Gasteiger partial charge in [0.1, 0.15) is 0 Å². The molecule has 29 heavy (non-hydrogen) atoms. The summed E-state index contributed by atoms with van der Waals surface area (Å²) < 4.78 is 1.73. The van der Waals surface area contributed by atoms with Crippen LogP contribution in [0.5, 0.6) is 0 Å². The molecule has 0 aliphatic rings. The van der Waals surface area contributed by atoms with Gasteiger partial charge in [-0.05, 0) is 43.6 Å². The van der Waals surface area contributed by atoms with E-state index in [1.807, 2.05) is 20.1 Å². The monoisotopic (exact) mass is 411 g/mol. The van der Waals surface area contributed by atoms with Crippen LogP contribution >= 0.6 is 11.8 Å². The SMILES string of the molecule is CCc1ccc(C(NC(=O)Cc2c(C)nc3nc(SC)nn3c2C)C(C)C)cc1. The molecule has 2 aromatic heterocycles. The van der Waals surface area contributed by atoms with E-state index in [0.29, 0.717) is 10.9 Å². The number of hydrogen-bond acceptors (Lipinski definition) is 5. The molecule has 3 aromatic rings. The van der Waals surface area contributed by atoms with E-state index in [1.165, 1.54) is 17.3 Å². The van der Waals surface area contributed by atoms with Crippen molar-refractivity contribution in [2.45, 2.75) is 58.7 Å². The first-order valence-corrected chi connectivity index (χ1v) is 11.2. The summed E-state index contributed by atoms with van der Waals surface area (Å²) in [5.74, 6) is 0.846. The summed E-state index contributed by atoms with van der Waals surface area (Å²) in [7, 11) is 0. The number of nitrogens with zero attached hydrogens (tertiary/aromatic N) is 4. The lowest BCUT2D eigenvalue weighted by atomic mass is 9.94. The topological polar surface area (TPSA) is 72.2 Å². The Hall–Kier alpha value is -2.41. The van der Waals surface area contributed by atoms with Crippen molar-refractivity contribution in [3.63, 3.8) is 0 Å². The Labute approximate surface area is 176 Å². The second kappa shape index (κ2) is 8.95. The Morgan fingerprint density at radius 2 is 1.86 bits per heavy atom. The number of hydrogen-bond donors (Lipinski definition) is 1. The second-order valence-electron chi connectivity index (χ2n) is 7.63. The molecule has 0 aliphatic heterocycles. The third-order valence-corrected chi connectivity index (χ3v) is 5.82. The minimum Gasteiger partial charge on any atom is -0.349 e. The number of amides is 1. The highest BCUT2D eigenvalue weighted by Crippen LogP contribution is 2.23. The lowest BCUT2D eigenvalue weighted by Crippen LogP contribution is -2.33. The smallest absolute Gasteiger partial charge is 0.253 e. The summed E-state index contributed by atoms with van der Waals surface area (Å²) in [6.07, 6.45) is 3.21. The predicted molar refractivity (Wildman–Crippen MR) is 117 cm³/mol. The first-order chi connectivity index (χ1) is 13.8. The van der Waals surface area contributed by atoms with Crippen molar-refractivity contribution >= 4 is 23.4 Å². The fraction of sp³-hybridized carbons (Fsp3) is 0.455. The van der Waals surface area contributed by atoms with E-state index in [1.54, 1.807) is 4.52 Å². The average Bonchev–Trinajstić information content (AvgIpc) is 3.12. The lowest BCUT2D eigenvalue weighted by Gasteiger charge is -2.23. The van der Waals surface area contributed by atoms with E-state index < -0.39 is 0 Å². The lowest BCUT2D eigenvalue weighted by molar-refractivity contribution is -0.121. The van der Waals surface area contributed by atoms with Gasteiger partial charge in [0.2, 0.25) is 11.1 Å². The van der Waals surface area contributed by atoms with Crippen molar-refractivity contribution in [3.05, 3.63) is 52.3 Å². The number of thioether (sulfide) groups is 1. The minimum atomic E-state index is -0.0276. The molecule has 154 valence electrons.